The molecule has 0 aromatic heterocycles. The molecule has 1 atom stereocenters. The third-order valence-corrected chi connectivity index (χ3v) is 3.39. The van der Waals surface area contributed by atoms with Crippen LogP contribution >= 0.6 is 0 Å². The number of hydrogen-bond acceptors (Lipinski definition) is 2. The number of halogens is 1. The highest BCUT2D eigenvalue weighted by molar-refractivity contribution is 5.88. The van der Waals surface area contributed by atoms with E-state index in [1.807, 2.05) is 11.9 Å². The Kier molecular flexibility index (Phi) is 4.84. The monoisotopic (exact) mass is 253 g/mol. The van der Waals surface area contributed by atoms with Crippen molar-refractivity contribution < 1.29 is 14.3 Å². The molecule has 0 spiro atoms. The van der Waals surface area contributed by atoms with E-state index in [0.717, 1.165) is 0 Å². The van der Waals surface area contributed by atoms with Crippen molar-refractivity contribution in [1.29, 1.82) is 0 Å². The summed E-state index contributed by atoms with van der Waals surface area (Å²) in [5, 5.41) is 8.87. The van der Waals surface area contributed by atoms with Gasteiger partial charge in [0.15, 0.2) is 0 Å². The topological polar surface area (TPSA) is 40.5 Å². The maximum absolute atomic E-state index is 13.9. The summed E-state index contributed by atoms with van der Waals surface area (Å²) in [6, 6.07) is 4.80. The van der Waals surface area contributed by atoms with Gasteiger partial charge in [0.1, 0.15) is 5.82 Å². The van der Waals surface area contributed by atoms with E-state index < -0.39 is 11.8 Å². The Morgan fingerprint density at radius 2 is 2.00 bits per heavy atom. The zero-order chi connectivity index (χ0) is 13.9. The van der Waals surface area contributed by atoms with Crippen molar-refractivity contribution in [2.75, 3.05) is 7.05 Å². The molecule has 0 saturated carbocycles. The van der Waals surface area contributed by atoms with Crippen molar-refractivity contribution in [3.8, 4) is 0 Å². The van der Waals surface area contributed by atoms with Gasteiger partial charge in [-0.25, -0.2) is 9.18 Å². The molecule has 0 amide bonds. The summed E-state index contributed by atoms with van der Waals surface area (Å²) in [6.45, 7) is 6.69. The highest BCUT2D eigenvalue weighted by Crippen LogP contribution is 2.17. The van der Waals surface area contributed by atoms with Crippen molar-refractivity contribution in [3.63, 3.8) is 0 Å². The van der Waals surface area contributed by atoms with Crippen molar-refractivity contribution in [2.24, 2.45) is 5.92 Å². The predicted molar refractivity (Wildman–Crippen MR) is 69.1 cm³/mol. The number of rotatable bonds is 5. The number of nitrogens with zero attached hydrogens (tertiary/aromatic N) is 1. The molecule has 100 valence electrons. The van der Waals surface area contributed by atoms with Gasteiger partial charge in [-0.1, -0.05) is 26.0 Å². The van der Waals surface area contributed by atoms with Gasteiger partial charge >= 0.3 is 5.97 Å². The number of carbonyl (C=O) groups is 1. The Morgan fingerprint density at radius 3 is 2.50 bits per heavy atom. The normalized spacial score (nSPS) is 13.1. The molecule has 0 radical (unpaired) electrons. The fourth-order valence-corrected chi connectivity index (χ4v) is 1.79. The number of carboxylic acids is 1. The summed E-state index contributed by atoms with van der Waals surface area (Å²) in [5.74, 6) is -1.40. The lowest BCUT2D eigenvalue weighted by molar-refractivity contribution is 0.0691. The van der Waals surface area contributed by atoms with E-state index >= 15 is 0 Å². The second kappa shape index (κ2) is 5.96. The molecule has 1 rings (SSSR count). The van der Waals surface area contributed by atoms with E-state index in [9.17, 15) is 9.18 Å². The quantitative estimate of drug-likeness (QED) is 0.877. The minimum Gasteiger partial charge on any atom is -0.478 e. The first-order valence-corrected chi connectivity index (χ1v) is 6.05. The van der Waals surface area contributed by atoms with Gasteiger partial charge < -0.3 is 5.11 Å². The average Bonchev–Trinajstić information content (AvgIpc) is 2.30. The van der Waals surface area contributed by atoms with Crippen LogP contribution in [0.2, 0.25) is 0 Å². The third-order valence-electron chi connectivity index (χ3n) is 3.39. The van der Waals surface area contributed by atoms with E-state index in [4.69, 9.17) is 5.11 Å². The van der Waals surface area contributed by atoms with Crippen LogP contribution in [-0.2, 0) is 6.54 Å². The zero-order valence-electron chi connectivity index (χ0n) is 11.3. The molecule has 3 nitrogen and oxygen atoms in total. The first kappa shape index (κ1) is 14.6. The van der Waals surface area contributed by atoms with Crippen LogP contribution in [0.4, 0.5) is 4.39 Å². The molecule has 1 aromatic rings. The summed E-state index contributed by atoms with van der Waals surface area (Å²) >= 11 is 0. The molecular formula is C14H20FNO2. The molecule has 1 aromatic carbocycles. The van der Waals surface area contributed by atoms with Crippen LogP contribution in [-0.4, -0.2) is 29.1 Å². The van der Waals surface area contributed by atoms with Crippen LogP contribution in [0.15, 0.2) is 18.2 Å². The lowest BCUT2D eigenvalue weighted by atomic mass is 10.0. The molecule has 1 unspecified atom stereocenters. The summed E-state index contributed by atoms with van der Waals surface area (Å²) in [4.78, 5) is 12.9. The maximum Gasteiger partial charge on any atom is 0.338 e. The minimum atomic E-state index is -1.23. The van der Waals surface area contributed by atoms with Gasteiger partial charge in [-0.2, -0.15) is 0 Å². The lowest BCUT2D eigenvalue weighted by Gasteiger charge is -2.28. The molecule has 0 bridgehead atoms. The Bertz CT molecular complexity index is 432. The number of hydrogen-bond donors (Lipinski definition) is 1. The first-order valence-electron chi connectivity index (χ1n) is 6.05. The predicted octanol–water partition coefficient (Wildman–Crippen LogP) is 3.00. The van der Waals surface area contributed by atoms with Gasteiger partial charge in [-0.3, -0.25) is 4.90 Å². The van der Waals surface area contributed by atoms with E-state index in [0.29, 0.717) is 24.1 Å². The molecular weight excluding hydrogens is 233 g/mol. The summed E-state index contributed by atoms with van der Waals surface area (Å²) < 4.78 is 13.9. The van der Waals surface area contributed by atoms with Crippen molar-refractivity contribution in [2.45, 2.75) is 33.4 Å². The largest absolute Gasteiger partial charge is 0.478 e. The van der Waals surface area contributed by atoms with Crippen LogP contribution in [0.3, 0.4) is 0 Å². The van der Waals surface area contributed by atoms with Crippen LogP contribution in [0, 0.1) is 11.7 Å². The summed E-state index contributed by atoms with van der Waals surface area (Å²) in [7, 11) is 1.91. The summed E-state index contributed by atoms with van der Waals surface area (Å²) in [6.07, 6.45) is 0. The molecule has 0 heterocycles. The van der Waals surface area contributed by atoms with Gasteiger partial charge in [0, 0.05) is 18.2 Å². The van der Waals surface area contributed by atoms with Gasteiger partial charge in [-0.15, -0.1) is 0 Å². The molecule has 0 saturated heterocycles. The Hall–Kier alpha value is -1.42. The van der Waals surface area contributed by atoms with Gasteiger partial charge in [-0.05, 0) is 26.0 Å². The Morgan fingerprint density at radius 1 is 1.39 bits per heavy atom. The third kappa shape index (κ3) is 3.29. The standard InChI is InChI=1S/C14H20FNO2/c1-9(2)10(3)16(4)8-11-6-5-7-12(13(11)15)14(17)18/h5-7,9-10H,8H2,1-4H3,(H,17,18). The van der Waals surface area contributed by atoms with Crippen LogP contribution < -0.4 is 0 Å². The molecule has 0 fully saturated rings. The fraction of sp³-hybridized carbons (Fsp3) is 0.500. The number of aromatic carboxylic acids is 1. The fourth-order valence-electron chi connectivity index (χ4n) is 1.79. The van der Waals surface area contributed by atoms with E-state index in [1.54, 1.807) is 12.1 Å². The van der Waals surface area contributed by atoms with Crippen molar-refractivity contribution >= 4 is 5.97 Å². The second-order valence-corrected chi connectivity index (χ2v) is 4.98. The van der Waals surface area contributed by atoms with Crippen molar-refractivity contribution in [3.05, 3.63) is 35.1 Å². The highest BCUT2D eigenvalue weighted by Gasteiger charge is 2.18. The Balaban J connectivity index is 2.92. The van der Waals surface area contributed by atoms with E-state index in [1.165, 1.54) is 6.07 Å². The molecule has 0 aliphatic rings. The van der Waals surface area contributed by atoms with Crippen LogP contribution in [0.1, 0.15) is 36.7 Å². The average molecular weight is 253 g/mol. The number of benzene rings is 1. The molecule has 4 heteroatoms. The zero-order valence-corrected chi connectivity index (χ0v) is 11.3. The molecule has 0 aliphatic carbocycles. The second-order valence-electron chi connectivity index (χ2n) is 4.98. The lowest BCUT2D eigenvalue weighted by Crippen LogP contribution is -2.33. The van der Waals surface area contributed by atoms with Gasteiger partial charge in [0.25, 0.3) is 0 Å². The first-order chi connectivity index (χ1) is 8.34. The number of carboxylic acid groups (broad SMARTS) is 1. The molecule has 1 N–H and O–H groups in total. The summed E-state index contributed by atoms with van der Waals surface area (Å²) in [5.41, 5.74) is 0.156. The smallest absolute Gasteiger partial charge is 0.338 e. The molecule has 18 heavy (non-hydrogen) atoms. The SMILES string of the molecule is CC(C)C(C)N(C)Cc1cccc(C(=O)O)c1F. The Labute approximate surface area is 107 Å². The van der Waals surface area contributed by atoms with E-state index in [2.05, 4.69) is 20.8 Å². The van der Waals surface area contributed by atoms with Gasteiger partial charge in [0.05, 0.1) is 5.56 Å². The van der Waals surface area contributed by atoms with Gasteiger partial charge in [0.2, 0.25) is 0 Å². The van der Waals surface area contributed by atoms with Crippen LogP contribution in [0.5, 0.6) is 0 Å². The maximum atomic E-state index is 13.9. The van der Waals surface area contributed by atoms with E-state index in [-0.39, 0.29) is 5.56 Å². The molecule has 0 aliphatic heterocycles. The van der Waals surface area contributed by atoms with Crippen molar-refractivity contribution in [1.82, 2.24) is 4.90 Å². The van der Waals surface area contributed by atoms with Crippen LogP contribution in [0.25, 0.3) is 0 Å². The highest BCUT2D eigenvalue weighted by atomic mass is 19.1. The minimum absolute atomic E-state index is 0.266.